The van der Waals surface area contributed by atoms with E-state index >= 15 is 0 Å². The summed E-state index contributed by atoms with van der Waals surface area (Å²) in [4.78, 5) is 2.38. The molecule has 0 N–H and O–H groups in total. The van der Waals surface area contributed by atoms with Gasteiger partial charge in [-0.3, -0.25) is 0 Å². The highest BCUT2D eigenvalue weighted by molar-refractivity contribution is 7.99. The highest BCUT2D eigenvalue weighted by atomic mass is 32.2. The lowest BCUT2D eigenvalue weighted by atomic mass is 9.95. The number of hydrogen-bond donors (Lipinski definition) is 0. The molecule has 3 aliphatic heterocycles. The maximum atomic E-state index is 6.54. The summed E-state index contributed by atoms with van der Waals surface area (Å²) in [7, 11) is 0. The van der Waals surface area contributed by atoms with Gasteiger partial charge in [-0.25, -0.2) is 0 Å². The molecule has 2 aromatic carbocycles. The fraction of sp³-hybridized carbons (Fsp3) is 0.400. The van der Waals surface area contributed by atoms with Crippen LogP contribution < -0.4 is 0 Å². The Labute approximate surface area is 151 Å². The van der Waals surface area contributed by atoms with E-state index in [0.717, 1.165) is 11.1 Å². The highest BCUT2D eigenvalue weighted by Gasteiger charge is 2.47. The van der Waals surface area contributed by atoms with Crippen molar-refractivity contribution in [3.05, 3.63) is 59.7 Å². The van der Waals surface area contributed by atoms with Crippen LogP contribution in [0.1, 0.15) is 11.1 Å². The van der Waals surface area contributed by atoms with Crippen molar-refractivity contribution in [2.45, 2.75) is 15.6 Å². The molecule has 2 saturated heterocycles. The van der Waals surface area contributed by atoms with Crippen molar-refractivity contribution in [2.75, 3.05) is 33.2 Å². The summed E-state index contributed by atoms with van der Waals surface area (Å²) in [5, 5.41) is 0. The maximum Gasteiger partial charge on any atom is 0.224 e. The summed E-state index contributed by atoms with van der Waals surface area (Å²) in [5.41, 5.74) is 2.19. The molecule has 2 unspecified atom stereocenters. The van der Waals surface area contributed by atoms with Crippen LogP contribution in [0.15, 0.2) is 58.3 Å². The lowest BCUT2D eigenvalue weighted by Gasteiger charge is -2.38. The molecule has 3 aliphatic rings. The first-order chi connectivity index (χ1) is 12.4. The molecule has 4 nitrogen and oxygen atoms in total. The van der Waals surface area contributed by atoms with Gasteiger partial charge in [0.1, 0.15) is 6.79 Å². The fourth-order valence-corrected chi connectivity index (χ4v) is 4.97. The van der Waals surface area contributed by atoms with Crippen molar-refractivity contribution in [1.82, 2.24) is 0 Å². The Hall–Kier alpha value is -1.37. The van der Waals surface area contributed by atoms with Gasteiger partial charge in [-0.15, -0.1) is 0 Å². The number of benzene rings is 2. The molecule has 5 rings (SSSR count). The lowest BCUT2D eigenvalue weighted by Crippen LogP contribution is -2.37. The number of fused-ring (bicyclic) bond motifs is 5. The Morgan fingerprint density at radius 2 is 1.24 bits per heavy atom. The van der Waals surface area contributed by atoms with Crippen LogP contribution in [-0.4, -0.2) is 33.2 Å². The zero-order valence-corrected chi connectivity index (χ0v) is 14.7. The average Bonchev–Trinajstić information content (AvgIpc) is 2.98. The van der Waals surface area contributed by atoms with Crippen LogP contribution in [0.3, 0.4) is 0 Å². The van der Waals surface area contributed by atoms with Gasteiger partial charge < -0.3 is 18.9 Å². The van der Waals surface area contributed by atoms with E-state index in [0.29, 0.717) is 33.2 Å². The van der Waals surface area contributed by atoms with E-state index in [-0.39, 0.29) is 11.8 Å². The minimum absolute atomic E-state index is 0.288. The average molecular weight is 356 g/mol. The summed E-state index contributed by atoms with van der Waals surface area (Å²) in [5.74, 6) is -0.267. The highest BCUT2D eigenvalue weighted by Crippen LogP contribution is 2.51. The van der Waals surface area contributed by atoms with Crippen LogP contribution in [0.4, 0.5) is 0 Å². The van der Waals surface area contributed by atoms with E-state index in [1.165, 1.54) is 9.79 Å². The standard InChI is InChI=1S/C20H20O4S/c1-3-7-18-16(5-1)20(17-6-2-4-8-19(17)25-18)23-11-14-9-21-13-22-10-15(14)12-24-20/h1-8,14-15H,9-13H2. The first-order valence-corrected chi connectivity index (χ1v) is 9.49. The van der Waals surface area contributed by atoms with Gasteiger partial charge >= 0.3 is 0 Å². The number of ether oxygens (including phenoxy) is 4. The smallest absolute Gasteiger partial charge is 0.224 e. The third-order valence-electron chi connectivity index (χ3n) is 5.20. The summed E-state index contributed by atoms with van der Waals surface area (Å²) in [6, 6.07) is 16.7. The Morgan fingerprint density at radius 3 is 1.80 bits per heavy atom. The van der Waals surface area contributed by atoms with E-state index in [1.807, 2.05) is 0 Å². The molecule has 3 heterocycles. The van der Waals surface area contributed by atoms with Crippen molar-refractivity contribution in [1.29, 1.82) is 0 Å². The molecule has 25 heavy (non-hydrogen) atoms. The van der Waals surface area contributed by atoms with E-state index in [2.05, 4.69) is 48.5 Å². The summed E-state index contributed by atoms with van der Waals surface area (Å²) >= 11 is 1.78. The molecule has 1 spiro atoms. The third-order valence-corrected chi connectivity index (χ3v) is 6.35. The van der Waals surface area contributed by atoms with Gasteiger partial charge in [-0.2, -0.15) is 0 Å². The second-order valence-electron chi connectivity index (χ2n) is 6.71. The van der Waals surface area contributed by atoms with Crippen molar-refractivity contribution in [2.24, 2.45) is 11.8 Å². The van der Waals surface area contributed by atoms with Crippen LogP contribution in [0.2, 0.25) is 0 Å². The number of rotatable bonds is 0. The summed E-state index contributed by atoms with van der Waals surface area (Å²) < 4.78 is 24.2. The molecule has 2 aromatic rings. The minimum Gasteiger partial charge on any atom is -0.355 e. The van der Waals surface area contributed by atoms with Gasteiger partial charge in [0.2, 0.25) is 5.79 Å². The molecular weight excluding hydrogens is 336 g/mol. The molecule has 0 saturated carbocycles. The summed E-state index contributed by atoms with van der Waals surface area (Å²) in [6.45, 7) is 2.87. The zero-order valence-electron chi connectivity index (χ0n) is 13.9. The Balaban J connectivity index is 1.60. The van der Waals surface area contributed by atoms with E-state index in [9.17, 15) is 0 Å². The molecule has 130 valence electrons. The molecule has 0 aromatic heterocycles. The van der Waals surface area contributed by atoms with Crippen molar-refractivity contribution in [3.63, 3.8) is 0 Å². The van der Waals surface area contributed by atoms with Gasteiger partial charge in [-0.05, 0) is 12.1 Å². The lowest BCUT2D eigenvalue weighted by molar-refractivity contribution is -0.214. The van der Waals surface area contributed by atoms with E-state index in [1.54, 1.807) is 11.8 Å². The van der Waals surface area contributed by atoms with Crippen LogP contribution >= 0.6 is 11.8 Å². The molecule has 0 bridgehead atoms. The topological polar surface area (TPSA) is 36.9 Å². The Bertz CT molecular complexity index is 714. The molecule has 0 amide bonds. The second kappa shape index (κ2) is 6.41. The normalized spacial score (nSPS) is 27.5. The number of hydrogen-bond acceptors (Lipinski definition) is 5. The van der Waals surface area contributed by atoms with Crippen molar-refractivity contribution < 1.29 is 18.9 Å². The Kier molecular flexibility index (Phi) is 4.07. The Morgan fingerprint density at radius 1 is 0.720 bits per heavy atom. The van der Waals surface area contributed by atoms with Crippen LogP contribution in [0, 0.1) is 11.8 Å². The predicted molar refractivity (Wildman–Crippen MR) is 93.4 cm³/mol. The van der Waals surface area contributed by atoms with Gasteiger partial charge in [0.15, 0.2) is 0 Å². The predicted octanol–water partition coefficient (Wildman–Crippen LogP) is 3.64. The molecule has 2 fully saturated rings. The molecule has 0 radical (unpaired) electrons. The van der Waals surface area contributed by atoms with Gasteiger partial charge in [0, 0.05) is 32.8 Å². The third kappa shape index (κ3) is 2.62. The van der Waals surface area contributed by atoms with Gasteiger partial charge in [-0.1, -0.05) is 48.2 Å². The SMILES string of the molecule is c1ccc2c(c1)Sc1ccccc1C21OCC2COCOCC2CO1. The first kappa shape index (κ1) is 15.9. The van der Waals surface area contributed by atoms with E-state index in [4.69, 9.17) is 18.9 Å². The quantitative estimate of drug-likeness (QED) is 0.720. The fourth-order valence-electron chi connectivity index (χ4n) is 3.82. The molecule has 2 atom stereocenters. The van der Waals surface area contributed by atoms with Crippen molar-refractivity contribution in [3.8, 4) is 0 Å². The molecule has 0 aliphatic carbocycles. The van der Waals surface area contributed by atoms with Crippen LogP contribution in [0.5, 0.6) is 0 Å². The van der Waals surface area contributed by atoms with Crippen molar-refractivity contribution >= 4 is 11.8 Å². The van der Waals surface area contributed by atoms with Gasteiger partial charge in [0.05, 0.1) is 26.4 Å². The molecule has 5 heteroatoms. The maximum absolute atomic E-state index is 6.54. The van der Waals surface area contributed by atoms with E-state index < -0.39 is 5.79 Å². The second-order valence-corrected chi connectivity index (χ2v) is 7.80. The van der Waals surface area contributed by atoms with Gasteiger partial charge in [0.25, 0.3) is 0 Å². The molecular formula is C20H20O4S. The largest absolute Gasteiger partial charge is 0.355 e. The minimum atomic E-state index is -0.843. The van der Waals surface area contributed by atoms with Crippen LogP contribution in [-0.2, 0) is 24.7 Å². The zero-order chi connectivity index (χ0) is 16.7. The first-order valence-electron chi connectivity index (χ1n) is 8.67. The summed E-state index contributed by atoms with van der Waals surface area (Å²) in [6.07, 6.45) is 0. The monoisotopic (exact) mass is 356 g/mol. The van der Waals surface area contributed by atoms with Crippen LogP contribution in [0.25, 0.3) is 0 Å².